The number of ketones is 1. The highest BCUT2D eigenvalue weighted by atomic mass is 35.5. The van der Waals surface area contributed by atoms with E-state index in [2.05, 4.69) is 9.97 Å². The van der Waals surface area contributed by atoms with Crippen molar-refractivity contribution in [1.29, 1.82) is 0 Å². The quantitative estimate of drug-likeness (QED) is 0.567. The fraction of sp³-hybridized carbons (Fsp3) is 0.0667. The molecule has 0 amide bonds. The zero-order valence-electron chi connectivity index (χ0n) is 10.4. The first kappa shape index (κ1) is 14.6. The number of carbonyl (C=O) groups excluding carboxylic acids is 1. The Morgan fingerprint density at radius 3 is 2.55 bits per heavy atom. The van der Waals surface area contributed by atoms with E-state index in [9.17, 15) is 4.79 Å². The summed E-state index contributed by atoms with van der Waals surface area (Å²) in [7, 11) is 0. The Labute approximate surface area is 127 Å². The number of hydrogen-bond acceptors (Lipinski definition) is 2. The molecule has 102 valence electrons. The van der Waals surface area contributed by atoms with Gasteiger partial charge in [-0.15, -0.1) is 11.6 Å². The van der Waals surface area contributed by atoms with Gasteiger partial charge in [0.2, 0.25) is 0 Å². The largest absolute Gasteiger partial charge is 1.00 e. The number of alkyl halides is 1. The van der Waals surface area contributed by atoms with Gasteiger partial charge in [0, 0.05) is 11.1 Å². The number of aromatic nitrogens is 2. The molecule has 1 aromatic heterocycles. The van der Waals surface area contributed by atoms with Crippen molar-refractivity contribution in [3.05, 3.63) is 65.5 Å². The zero-order valence-corrected chi connectivity index (χ0v) is 11.9. The van der Waals surface area contributed by atoms with Gasteiger partial charge in [0.1, 0.15) is 5.82 Å². The fourth-order valence-electron chi connectivity index (χ4n) is 2.02. The average Bonchev–Trinajstić information content (AvgIpc) is 2.89. The molecule has 1 N–H and O–H groups in total. The van der Waals surface area contributed by atoms with Gasteiger partial charge in [-0.3, -0.25) is 4.79 Å². The highest BCUT2D eigenvalue weighted by Gasteiger charge is 2.10. The van der Waals surface area contributed by atoms with Crippen LogP contribution in [0.4, 0.5) is 0 Å². The molecule has 0 unspecified atom stereocenters. The third-order valence-electron chi connectivity index (χ3n) is 2.96. The van der Waals surface area contributed by atoms with Crippen LogP contribution in [-0.2, 0) is 5.88 Å². The lowest BCUT2D eigenvalue weighted by molar-refractivity contribution is -0.0000111. The number of nitrogens with zero attached hydrogens (tertiary/aromatic N) is 1. The molecule has 0 bridgehead atoms. The van der Waals surface area contributed by atoms with Gasteiger partial charge in [0.25, 0.3) is 0 Å². The van der Waals surface area contributed by atoms with Crippen LogP contribution < -0.4 is 12.4 Å². The normalized spacial score (nSPS) is 10.2. The van der Waals surface area contributed by atoms with Crippen LogP contribution in [0, 0.1) is 0 Å². The predicted molar refractivity (Wildman–Crippen MR) is 75.5 cm³/mol. The minimum atomic E-state index is 0. The maximum atomic E-state index is 12.3. The van der Waals surface area contributed by atoms with Crippen LogP contribution >= 0.6 is 11.6 Å². The second-order valence-electron chi connectivity index (χ2n) is 4.24. The summed E-state index contributed by atoms with van der Waals surface area (Å²) >= 11 is 5.74. The monoisotopic (exact) mass is 305 g/mol. The number of carbonyl (C=O) groups is 1. The number of rotatable bonds is 3. The Morgan fingerprint density at radius 1 is 1.10 bits per heavy atom. The van der Waals surface area contributed by atoms with Gasteiger partial charge in [0.15, 0.2) is 5.78 Å². The minimum absolute atomic E-state index is 0. The Hall–Kier alpha value is -1.84. The van der Waals surface area contributed by atoms with E-state index in [-0.39, 0.29) is 18.2 Å². The van der Waals surface area contributed by atoms with Gasteiger partial charge in [0.05, 0.1) is 16.9 Å². The van der Waals surface area contributed by atoms with E-state index >= 15 is 0 Å². The topological polar surface area (TPSA) is 45.8 Å². The molecule has 0 aliphatic carbocycles. The molecule has 5 heteroatoms. The Kier molecular flexibility index (Phi) is 4.42. The van der Waals surface area contributed by atoms with Crippen molar-refractivity contribution in [2.24, 2.45) is 0 Å². The van der Waals surface area contributed by atoms with Crippen molar-refractivity contribution < 1.29 is 17.2 Å². The molecule has 2 aromatic carbocycles. The van der Waals surface area contributed by atoms with Gasteiger partial charge in [-0.05, 0) is 18.2 Å². The Morgan fingerprint density at radius 2 is 1.85 bits per heavy atom. The summed E-state index contributed by atoms with van der Waals surface area (Å²) < 4.78 is 0. The summed E-state index contributed by atoms with van der Waals surface area (Å²) in [5.41, 5.74) is 2.97. The maximum absolute atomic E-state index is 12.3. The van der Waals surface area contributed by atoms with E-state index in [0.717, 1.165) is 11.0 Å². The first-order chi connectivity index (χ1) is 9.28. The Balaban J connectivity index is 0.00000147. The van der Waals surface area contributed by atoms with Gasteiger partial charge in [-0.2, -0.15) is 0 Å². The highest BCUT2D eigenvalue weighted by molar-refractivity contribution is 6.16. The van der Waals surface area contributed by atoms with Gasteiger partial charge in [-0.25, -0.2) is 4.98 Å². The first-order valence-electron chi connectivity index (χ1n) is 5.92. The van der Waals surface area contributed by atoms with Crippen molar-refractivity contribution in [3.63, 3.8) is 0 Å². The molecule has 0 aliphatic heterocycles. The summed E-state index contributed by atoms with van der Waals surface area (Å²) in [6, 6.07) is 14.7. The van der Waals surface area contributed by atoms with Gasteiger partial charge < -0.3 is 17.4 Å². The number of nitrogens with one attached hydrogen (secondary N) is 1. The molecule has 0 fully saturated rings. The third kappa shape index (κ3) is 2.69. The molecule has 0 aliphatic rings. The molecule has 20 heavy (non-hydrogen) atoms. The van der Waals surface area contributed by atoms with Gasteiger partial charge >= 0.3 is 0 Å². The van der Waals surface area contributed by atoms with E-state index in [1.165, 1.54) is 0 Å². The van der Waals surface area contributed by atoms with E-state index in [1.54, 1.807) is 6.07 Å². The summed E-state index contributed by atoms with van der Waals surface area (Å²) in [6.45, 7) is 0. The van der Waals surface area contributed by atoms with Crippen LogP contribution in [0.25, 0.3) is 11.0 Å². The number of hydrogen-bond donors (Lipinski definition) is 1. The number of halogens is 2. The number of aromatic amines is 1. The third-order valence-corrected chi connectivity index (χ3v) is 3.21. The van der Waals surface area contributed by atoms with Crippen molar-refractivity contribution >= 4 is 28.4 Å². The van der Waals surface area contributed by atoms with E-state index < -0.39 is 0 Å². The number of fused-ring (bicyclic) bond motifs is 1. The lowest BCUT2D eigenvalue weighted by Crippen LogP contribution is -3.00. The standard InChI is InChI=1S/C15H11ClN2O.ClH/c16-9-14-17-12-7-6-11(8-13(12)18-14)15(19)10-4-2-1-3-5-10;/h1-8H,9H2,(H,17,18);1H/p-1. The molecule has 0 atom stereocenters. The van der Waals surface area contributed by atoms with Gasteiger partial charge in [-0.1, -0.05) is 30.3 Å². The zero-order chi connectivity index (χ0) is 13.2. The first-order valence-corrected chi connectivity index (χ1v) is 6.46. The van der Waals surface area contributed by atoms with Crippen LogP contribution in [0.15, 0.2) is 48.5 Å². The minimum Gasteiger partial charge on any atom is -1.00 e. The molecule has 0 spiro atoms. The van der Waals surface area contributed by atoms with Crippen LogP contribution in [-0.4, -0.2) is 15.8 Å². The summed E-state index contributed by atoms with van der Waals surface area (Å²) in [6.07, 6.45) is 0. The molecule has 3 nitrogen and oxygen atoms in total. The number of imidazole rings is 1. The summed E-state index contributed by atoms with van der Waals surface area (Å²) in [5.74, 6) is 1.04. The van der Waals surface area contributed by atoms with Crippen LogP contribution in [0.5, 0.6) is 0 Å². The average molecular weight is 306 g/mol. The molecule has 0 radical (unpaired) electrons. The Bertz CT molecular complexity index is 738. The second kappa shape index (κ2) is 6.07. The molecule has 0 saturated carbocycles. The van der Waals surface area contributed by atoms with E-state index in [1.807, 2.05) is 42.5 Å². The van der Waals surface area contributed by atoms with Crippen LogP contribution in [0.3, 0.4) is 0 Å². The van der Waals surface area contributed by atoms with Crippen LogP contribution in [0.1, 0.15) is 21.7 Å². The molecular weight excluding hydrogens is 295 g/mol. The SMILES string of the molecule is O=C(c1ccccc1)c1ccc2nc(CCl)[nH]c2c1.[Cl-]. The molecule has 1 heterocycles. The van der Waals surface area contributed by atoms with E-state index in [0.29, 0.717) is 22.8 Å². The predicted octanol–water partition coefficient (Wildman–Crippen LogP) is 0.537. The smallest absolute Gasteiger partial charge is 0.193 e. The maximum Gasteiger partial charge on any atom is 0.193 e. The lowest BCUT2D eigenvalue weighted by atomic mass is 10.0. The molecule has 0 saturated heterocycles. The van der Waals surface area contributed by atoms with Crippen molar-refractivity contribution in [1.82, 2.24) is 9.97 Å². The van der Waals surface area contributed by atoms with E-state index in [4.69, 9.17) is 11.6 Å². The lowest BCUT2D eigenvalue weighted by Gasteiger charge is -2.00. The second-order valence-corrected chi connectivity index (χ2v) is 4.51. The highest BCUT2D eigenvalue weighted by Crippen LogP contribution is 2.17. The fourth-order valence-corrected chi connectivity index (χ4v) is 2.15. The molecule has 3 rings (SSSR count). The summed E-state index contributed by atoms with van der Waals surface area (Å²) in [4.78, 5) is 19.7. The molecular formula is C15H11Cl2N2O-. The number of benzene rings is 2. The molecule has 3 aromatic rings. The van der Waals surface area contributed by atoms with Crippen molar-refractivity contribution in [2.45, 2.75) is 5.88 Å². The van der Waals surface area contributed by atoms with Crippen molar-refractivity contribution in [3.8, 4) is 0 Å². The summed E-state index contributed by atoms with van der Waals surface area (Å²) in [5, 5.41) is 0. The number of H-pyrrole nitrogens is 1. The van der Waals surface area contributed by atoms with Crippen molar-refractivity contribution in [2.75, 3.05) is 0 Å². The van der Waals surface area contributed by atoms with Crippen LogP contribution in [0.2, 0.25) is 0 Å².